The van der Waals surface area contributed by atoms with Crippen LogP contribution in [0, 0.1) is 6.92 Å². The van der Waals surface area contributed by atoms with Crippen molar-refractivity contribution >= 4 is 51.6 Å². The number of fused-ring (bicyclic) bond motifs is 1. The van der Waals surface area contributed by atoms with Crippen LogP contribution < -0.4 is 15.4 Å². The summed E-state index contributed by atoms with van der Waals surface area (Å²) in [6.07, 6.45) is 0. The van der Waals surface area contributed by atoms with Gasteiger partial charge in [0.15, 0.2) is 10.7 Å². The quantitative estimate of drug-likeness (QED) is 0.350. The fraction of sp³-hybridized carbons (Fsp3) is 0.0870. The molecule has 0 radical (unpaired) electrons. The SMILES string of the molecule is COc1c(C)cccc1C(=O)NC(=S)Nc1ccc(-c2nc3cc(Cl)ccc3o2)c(O)c1. The van der Waals surface area contributed by atoms with Crippen molar-refractivity contribution in [2.24, 2.45) is 0 Å². The summed E-state index contributed by atoms with van der Waals surface area (Å²) in [5.41, 5.74) is 3.23. The molecule has 1 aromatic heterocycles. The Morgan fingerprint density at radius 3 is 2.75 bits per heavy atom. The van der Waals surface area contributed by atoms with Crippen LogP contribution >= 0.6 is 23.8 Å². The van der Waals surface area contributed by atoms with Gasteiger partial charge in [-0.25, -0.2) is 4.98 Å². The molecule has 0 aliphatic carbocycles. The Bertz CT molecular complexity index is 1350. The first-order chi connectivity index (χ1) is 15.4. The maximum atomic E-state index is 12.6. The topological polar surface area (TPSA) is 96.6 Å². The highest BCUT2D eigenvalue weighted by atomic mass is 35.5. The number of methoxy groups -OCH3 is 1. The normalized spacial score (nSPS) is 10.7. The van der Waals surface area contributed by atoms with E-state index >= 15 is 0 Å². The number of nitrogens with one attached hydrogen (secondary N) is 2. The lowest BCUT2D eigenvalue weighted by Crippen LogP contribution is -2.34. The Balaban J connectivity index is 1.49. The molecule has 0 aliphatic rings. The van der Waals surface area contributed by atoms with Crippen molar-refractivity contribution in [3.8, 4) is 23.0 Å². The minimum absolute atomic E-state index is 0.0675. The van der Waals surface area contributed by atoms with E-state index in [4.69, 9.17) is 33.0 Å². The fourth-order valence-corrected chi connectivity index (χ4v) is 3.62. The van der Waals surface area contributed by atoms with E-state index in [9.17, 15) is 9.90 Å². The third-order valence-electron chi connectivity index (χ3n) is 4.72. The number of nitrogens with zero attached hydrogens (tertiary/aromatic N) is 1. The Kier molecular flexibility index (Phi) is 5.98. The maximum absolute atomic E-state index is 12.6. The number of halogens is 1. The van der Waals surface area contributed by atoms with Crippen molar-refractivity contribution in [1.82, 2.24) is 10.3 Å². The molecule has 32 heavy (non-hydrogen) atoms. The van der Waals surface area contributed by atoms with Crippen molar-refractivity contribution < 1.29 is 19.1 Å². The van der Waals surface area contributed by atoms with Gasteiger partial charge in [0.1, 0.15) is 17.0 Å². The van der Waals surface area contributed by atoms with E-state index < -0.39 is 5.91 Å². The van der Waals surface area contributed by atoms with Gasteiger partial charge in [-0.15, -0.1) is 0 Å². The summed E-state index contributed by atoms with van der Waals surface area (Å²) in [6, 6.07) is 15.1. The molecule has 0 fully saturated rings. The molecule has 0 aliphatic heterocycles. The summed E-state index contributed by atoms with van der Waals surface area (Å²) in [4.78, 5) is 17.0. The molecule has 7 nitrogen and oxygen atoms in total. The number of hydrogen-bond acceptors (Lipinski definition) is 6. The molecule has 4 aromatic rings. The van der Waals surface area contributed by atoms with Gasteiger partial charge in [-0.3, -0.25) is 10.1 Å². The van der Waals surface area contributed by atoms with Crippen molar-refractivity contribution in [1.29, 1.82) is 0 Å². The number of aromatic nitrogens is 1. The third-order valence-corrected chi connectivity index (χ3v) is 5.16. The smallest absolute Gasteiger partial charge is 0.261 e. The second-order valence-electron chi connectivity index (χ2n) is 6.93. The molecule has 1 heterocycles. The first-order valence-electron chi connectivity index (χ1n) is 9.51. The van der Waals surface area contributed by atoms with Crippen LogP contribution in [0.4, 0.5) is 5.69 Å². The highest BCUT2D eigenvalue weighted by molar-refractivity contribution is 7.80. The molecule has 9 heteroatoms. The number of carbonyl (C=O) groups excluding carboxylic acids is 1. The number of carbonyl (C=O) groups is 1. The predicted octanol–water partition coefficient (Wildman–Crippen LogP) is 5.30. The van der Waals surface area contributed by atoms with Crippen LogP contribution in [0.25, 0.3) is 22.6 Å². The van der Waals surface area contributed by atoms with Crippen molar-refractivity contribution in [2.45, 2.75) is 6.92 Å². The van der Waals surface area contributed by atoms with Crippen LogP contribution in [-0.4, -0.2) is 28.2 Å². The van der Waals surface area contributed by atoms with Gasteiger partial charge in [0, 0.05) is 16.8 Å². The van der Waals surface area contributed by atoms with Gasteiger partial charge >= 0.3 is 0 Å². The van der Waals surface area contributed by atoms with Gasteiger partial charge in [-0.05, 0) is 61.1 Å². The number of oxazole rings is 1. The number of rotatable bonds is 4. The average molecular weight is 468 g/mol. The first-order valence-corrected chi connectivity index (χ1v) is 10.3. The zero-order valence-corrected chi connectivity index (χ0v) is 18.7. The number of para-hydroxylation sites is 1. The summed E-state index contributed by atoms with van der Waals surface area (Å²) < 4.78 is 11.0. The summed E-state index contributed by atoms with van der Waals surface area (Å²) >= 11 is 11.2. The van der Waals surface area contributed by atoms with Crippen molar-refractivity contribution in [3.05, 3.63) is 70.7 Å². The Hall–Kier alpha value is -3.62. The molecule has 0 saturated carbocycles. The standard InChI is InChI=1S/C23H18ClN3O4S/c1-12-4-3-5-16(20(12)30-2)21(29)27-23(32)25-14-7-8-15(18(28)11-14)22-26-17-10-13(24)6-9-19(17)31-22/h3-11,28H,1-2H3,(H2,25,27,29,32). The van der Waals surface area contributed by atoms with Crippen LogP contribution in [0.1, 0.15) is 15.9 Å². The van der Waals surface area contributed by atoms with E-state index in [2.05, 4.69) is 15.6 Å². The number of ether oxygens (including phenoxy) is 1. The van der Waals surface area contributed by atoms with E-state index in [-0.39, 0.29) is 16.8 Å². The van der Waals surface area contributed by atoms with Gasteiger partial charge < -0.3 is 19.6 Å². The van der Waals surface area contributed by atoms with Gasteiger partial charge in [0.25, 0.3) is 5.91 Å². The first kappa shape index (κ1) is 21.6. The molecule has 0 saturated heterocycles. The van der Waals surface area contributed by atoms with E-state index in [1.54, 1.807) is 42.5 Å². The number of thiocarbonyl (C=S) groups is 1. The van der Waals surface area contributed by atoms with Gasteiger partial charge in [-0.1, -0.05) is 23.7 Å². The largest absolute Gasteiger partial charge is 0.507 e. The number of benzene rings is 3. The molecule has 1 amide bonds. The number of phenolic OH excluding ortho intramolecular Hbond substituents is 1. The lowest BCUT2D eigenvalue weighted by atomic mass is 10.1. The van der Waals surface area contributed by atoms with Crippen LogP contribution in [0.3, 0.4) is 0 Å². The van der Waals surface area contributed by atoms with Crippen LogP contribution in [0.15, 0.2) is 59.0 Å². The number of amides is 1. The fourth-order valence-electron chi connectivity index (χ4n) is 3.24. The zero-order chi connectivity index (χ0) is 22.8. The molecule has 3 aromatic carbocycles. The van der Waals surface area contributed by atoms with Crippen molar-refractivity contribution in [2.75, 3.05) is 12.4 Å². The Morgan fingerprint density at radius 2 is 2.00 bits per heavy atom. The van der Waals surface area contributed by atoms with E-state index in [0.29, 0.717) is 38.7 Å². The number of phenols is 1. The number of aromatic hydroxyl groups is 1. The molecule has 0 bridgehead atoms. The minimum Gasteiger partial charge on any atom is -0.507 e. The molecular weight excluding hydrogens is 450 g/mol. The Labute approximate surface area is 194 Å². The van der Waals surface area contributed by atoms with E-state index in [1.807, 2.05) is 13.0 Å². The second kappa shape index (κ2) is 8.86. The number of anilines is 1. The van der Waals surface area contributed by atoms with Gasteiger partial charge in [0.2, 0.25) is 5.89 Å². The van der Waals surface area contributed by atoms with Crippen LogP contribution in [-0.2, 0) is 0 Å². The summed E-state index contributed by atoms with van der Waals surface area (Å²) in [7, 11) is 1.51. The van der Waals surface area contributed by atoms with Gasteiger partial charge in [-0.2, -0.15) is 0 Å². The average Bonchev–Trinajstić information content (AvgIpc) is 3.16. The lowest BCUT2D eigenvalue weighted by Gasteiger charge is -2.13. The van der Waals surface area contributed by atoms with Gasteiger partial charge in [0.05, 0.1) is 18.2 Å². The molecule has 0 spiro atoms. The summed E-state index contributed by atoms with van der Waals surface area (Å²) in [5.74, 6) is 0.263. The number of hydrogen-bond donors (Lipinski definition) is 3. The minimum atomic E-state index is -0.408. The number of aryl methyl sites for hydroxylation is 1. The molecule has 162 valence electrons. The van der Waals surface area contributed by atoms with Crippen LogP contribution in [0.2, 0.25) is 5.02 Å². The lowest BCUT2D eigenvalue weighted by molar-refractivity contribution is 0.0974. The predicted molar refractivity (Wildman–Crippen MR) is 128 cm³/mol. The molecule has 0 atom stereocenters. The molecule has 0 unspecified atom stereocenters. The molecule has 4 rings (SSSR count). The maximum Gasteiger partial charge on any atom is 0.261 e. The zero-order valence-electron chi connectivity index (χ0n) is 17.1. The highest BCUT2D eigenvalue weighted by Gasteiger charge is 2.16. The second-order valence-corrected chi connectivity index (χ2v) is 7.77. The van der Waals surface area contributed by atoms with Crippen molar-refractivity contribution in [3.63, 3.8) is 0 Å². The highest BCUT2D eigenvalue weighted by Crippen LogP contribution is 2.33. The molecular formula is C23H18ClN3O4S. The molecule has 3 N–H and O–H groups in total. The summed E-state index contributed by atoms with van der Waals surface area (Å²) in [5, 5.41) is 16.6. The third kappa shape index (κ3) is 4.37. The summed E-state index contributed by atoms with van der Waals surface area (Å²) in [6.45, 7) is 1.85. The van der Waals surface area contributed by atoms with E-state index in [1.165, 1.54) is 13.2 Å². The van der Waals surface area contributed by atoms with Crippen LogP contribution in [0.5, 0.6) is 11.5 Å². The monoisotopic (exact) mass is 467 g/mol. The van der Waals surface area contributed by atoms with E-state index in [0.717, 1.165) is 5.56 Å². The Morgan fingerprint density at radius 1 is 1.19 bits per heavy atom.